The molecule has 128 valence electrons. The number of hydrogen-bond donors (Lipinski definition) is 0. The second-order valence-electron chi connectivity index (χ2n) is 5.41. The lowest BCUT2D eigenvalue weighted by Crippen LogP contribution is -2.17. The summed E-state index contributed by atoms with van der Waals surface area (Å²) < 4.78 is 24.6. The summed E-state index contributed by atoms with van der Waals surface area (Å²) in [4.78, 5) is 12.0. The number of halogens is 2. The van der Waals surface area contributed by atoms with Crippen LogP contribution in [-0.2, 0) is 14.3 Å². The van der Waals surface area contributed by atoms with E-state index < -0.39 is 17.5 Å². The Hall–Kier alpha value is -1.91. The minimum atomic E-state index is -0.558. The molecule has 3 nitrogen and oxygen atoms in total. The van der Waals surface area contributed by atoms with Crippen LogP contribution in [0.1, 0.15) is 25.3 Å². The van der Waals surface area contributed by atoms with Gasteiger partial charge in [-0.05, 0) is 31.0 Å². The highest BCUT2D eigenvalue weighted by Crippen LogP contribution is 2.26. The lowest BCUT2D eigenvalue weighted by atomic mass is 9.97. The zero-order valence-corrected chi connectivity index (χ0v) is 14.4. The smallest absolute Gasteiger partial charge is 0.313 e. The van der Waals surface area contributed by atoms with Gasteiger partial charge in [-0.2, -0.15) is 0 Å². The fraction of sp³-hybridized carbons (Fsp3) is 0.316. The van der Waals surface area contributed by atoms with E-state index in [2.05, 4.69) is 0 Å². The highest BCUT2D eigenvalue weighted by atomic mass is 35.5. The number of esters is 1. The molecule has 0 heterocycles. The topological polar surface area (TPSA) is 35.5 Å². The van der Waals surface area contributed by atoms with Gasteiger partial charge in [0.1, 0.15) is 18.0 Å². The summed E-state index contributed by atoms with van der Waals surface area (Å²) in [6.45, 7) is 3.71. The van der Waals surface area contributed by atoms with Crippen molar-refractivity contribution < 1.29 is 18.7 Å². The monoisotopic (exact) mass is 350 g/mol. The van der Waals surface area contributed by atoms with Crippen LogP contribution in [0.25, 0.3) is 11.1 Å². The van der Waals surface area contributed by atoms with Crippen LogP contribution in [0.4, 0.5) is 4.39 Å². The van der Waals surface area contributed by atoms with Gasteiger partial charge < -0.3 is 9.47 Å². The van der Waals surface area contributed by atoms with Gasteiger partial charge in [0.05, 0.1) is 12.5 Å². The molecular formula is C19H20ClFO3. The fourth-order valence-electron chi connectivity index (χ4n) is 2.27. The van der Waals surface area contributed by atoms with E-state index in [9.17, 15) is 9.18 Å². The first-order valence-electron chi connectivity index (χ1n) is 7.76. The van der Waals surface area contributed by atoms with E-state index >= 15 is 0 Å². The van der Waals surface area contributed by atoms with Crippen LogP contribution in [0.3, 0.4) is 0 Å². The Balaban J connectivity index is 2.01. The molecule has 0 aliphatic rings. The molecule has 0 aliphatic carbocycles. The summed E-state index contributed by atoms with van der Waals surface area (Å²) in [5.74, 6) is -1.34. The predicted molar refractivity (Wildman–Crippen MR) is 92.5 cm³/mol. The van der Waals surface area contributed by atoms with Crippen molar-refractivity contribution in [3.05, 3.63) is 59.9 Å². The quantitative estimate of drug-likeness (QED) is 0.411. The largest absolute Gasteiger partial charge is 0.463 e. The molecule has 0 N–H and O–H groups in total. The number of alkyl halides is 1. The predicted octanol–water partition coefficient (Wildman–Crippen LogP) is 4.74. The lowest BCUT2D eigenvalue weighted by Gasteiger charge is -2.14. The van der Waals surface area contributed by atoms with E-state index in [0.717, 1.165) is 5.56 Å². The maximum Gasteiger partial charge on any atom is 0.313 e. The van der Waals surface area contributed by atoms with Crippen molar-refractivity contribution in [2.75, 3.05) is 13.2 Å². The molecule has 0 aromatic heterocycles. The van der Waals surface area contributed by atoms with Gasteiger partial charge in [0.2, 0.25) is 0 Å². The molecule has 0 bridgehead atoms. The lowest BCUT2D eigenvalue weighted by molar-refractivity contribution is -0.146. The van der Waals surface area contributed by atoms with Gasteiger partial charge in [0.25, 0.3) is 0 Å². The number of rotatable bonds is 7. The van der Waals surface area contributed by atoms with E-state index in [0.29, 0.717) is 11.1 Å². The zero-order chi connectivity index (χ0) is 17.5. The van der Waals surface area contributed by atoms with Crippen molar-refractivity contribution in [2.45, 2.75) is 25.3 Å². The van der Waals surface area contributed by atoms with Crippen LogP contribution >= 0.6 is 11.6 Å². The summed E-state index contributed by atoms with van der Waals surface area (Å²) in [5.41, 5.74) is 1.44. The average molecular weight is 351 g/mol. The molecule has 24 heavy (non-hydrogen) atoms. The fourth-order valence-corrected chi connectivity index (χ4v) is 2.36. The van der Waals surface area contributed by atoms with Gasteiger partial charge >= 0.3 is 5.97 Å². The van der Waals surface area contributed by atoms with Gasteiger partial charge in [-0.15, -0.1) is 0 Å². The standard InChI is InChI=1S/C19H20ClFO3/c1-13(19(22)24-11-10-23-14(2)20)16-8-9-17(18(21)12-16)15-6-4-3-5-7-15/h3-9,12-14H,10-11H2,1-2H3. The Morgan fingerprint density at radius 1 is 1.12 bits per heavy atom. The molecule has 2 atom stereocenters. The Morgan fingerprint density at radius 3 is 2.46 bits per heavy atom. The third-order valence-electron chi connectivity index (χ3n) is 3.61. The van der Waals surface area contributed by atoms with Crippen molar-refractivity contribution in [3.8, 4) is 11.1 Å². The van der Waals surface area contributed by atoms with Crippen molar-refractivity contribution in [2.24, 2.45) is 0 Å². The van der Waals surface area contributed by atoms with E-state index in [1.165, 1.54) is 6.07 Å². The van der Waals surface area contributed by atoms with E-state index in [1.54, 1.807) is 26.0 Å². The number of carbonyl (C=O) groups excluding carboxylic acids is 1. The molecule has 5 heteroatoms. The van der Waals surface area contributed by atoms with E-state index in [1.807, 2.05) is 30.3 Å². The molecule has 0 radical (unpaired) electrons. The normalized spacial score (nSPS) is 13.3. The Morgan fingerprint density at radius 2 is 1.83 bits per heavy atom. The van der Waals surface area contributed by atoms with Crippen LogP contribution in [0.2, 0.25) is 0 Å². The molecule has 2 rings (SSSR count). The van der Waals surface area contributed by atoms with Crippen LogP contribution in [-0.4, -0.2) is 24.7 Å². The highest BCUT2D eigenvalue weighted by molar-refractivity contribution is 6.19. The number of hydrogen-bond acceptors (Lipinski definition) is 3. The van der Waals surface area contributed by atoms with Crippen LogP contribution < -0.4 is 0 Å². The third-order valence-corrected chi connectivity index (χ3v) is 3.73. The molecule has 0 spiro atoms. The zero-order valence-electron chi connectivity index (χ0n) is 13.7. The Bertz CT molecular complexity index is 674. The number of ether oxygens (including phenoxy) is 2. The molecule has 0 saturated carbocycles. The first kappa shape index (κ1) is 18.4. The minimum Gasteiger partial charge on any atom is -0.463 e. The second kappa shape index (κ2) is 8.81. The summed E-state index contributed by atoms with van der Waals surface area (Å²) in [6, 6.07) is 14.1. The molecule has 2 unspecified atom stereocenters. The van der Waals surface area contributed by atoms with E-state index in [-0.39, 0.29) is 19.0 Å². The molecule has 0 saturated heterocycles. The van der Waals surface area contributed by atoms with Gasteiger partial charge in [0.15, 0.2) is 0 Å². The third kappa shape index (κ3) is 5.05. The molecule has 0 aliphatic heterocycles. The first-order chi connectivity index (χ1) is 11.5. The van der Waals surface area contributed by atoms with Crippen LogP contribution in [0.15, 0.2) is 48.5 Å². The van der Waals surface area contributed by atoms with Crippen LogP contribution in [0.5, 0.6) is 0 Å². The van der Waals surface area contributed by atoms with Crippen molar-refractivity contribution in [1.29, 1.82) is 0 Å². The minimum absolute atomic E-state index is 0.116. The van der Waals surface area contributed by atoms with Crippen molar-refractivity contribution in [3.63, 3.8) is 0 Å². The number of carbonyl (C=O) groups is 1. The summed E-state index contributed by atoms with van der Waals surface area (Å²) >= 11 is 5.63. The average Bonchev–Trinajstić information content (AvgIpc) is 2.58. The maximum atomic E-state index is 14.4. The number of benzene rings is 2. The van der Waals surface area contributed by atoms with Gasteiger partial charge in [-0.3, -0.25) is 4.79 Å². The summed E-state index contributed by atoms with van der Waals surface area (Å²) in [6.07, 6.45) is 0. The van der Waals surface area contributed by atoms with Crippen molar-refractivity contribution in [1.82, 2.24) is 0 Å². The van der Waals surface area contributed by atoms with Gasteiger partial charge in [-0.1, -0.05) is 54.1 Å². The SMILES string of the molecule is CC(Cl)OCCOC(=O)C(C)c1ccc(-c2ccccc2)c(F)c1. The Kier molecular flexibility index (Phi) is 6.76. The van der Waals surface area contributed by atoms with Gasteiger partial charge in [0, 0.05) is 5.56 Å². The molecule has 0 amide bonds. The molecule has 2 aromatic rings. The van der Waals surface area contributed by atoms with Gasteiger partial charge in [-0.25, -0.2) is 4.39 Å². The van der Waals surface area contributed by atoms with Crippen LogP contribution in [0, 0.1) is 5.82 Å². The molecule has 2 aromatic carbocycles. The summed E-state index contributed by atoms with van der Waals surface area (Å²) in [5, 5.41) is 0. The van der Waals surface area contributed by atoms with Crippen molar-refractivity contribution >= 4 is 17.6 Å². The van der Waals surface area contributed by atoms with E-state index in [4.69, 9.17) is 21.1 Å². The molecular weight excluding hydrogens is 331 g/mol. The first-order valence-corrected chi connectivity index (χ1v) is 8.20. The maximum absolute atomic E-state index is 14.4. The molecule has 0 fully saturated rings. The highest BCUT2D eigenvalue weighted by Gasteiger charge is 2.18. The summed E-state index contributed by atoms with van der Waals surface area (Å²) in [7, 11) is 0. The second-order valence-corrected chi connectivity index (χ2v) is 6.02. The Labute approximate surface area is 146 Å².